The third-order valence-electron chi connectivity index (χ3n) is 2.44. The maximum atomic E-state index is 11.8. The van der Waals surface area contributed by atoms with Gasteiger partial charge in [-0.25, -0.2) is 0 Å². The summed E-state index contributed by atoms with van der Waals surface area (Å²) in [5.74, 6) is 0.908. The third-order valence-corrected chi connectivity index (χ3v) is 2.44. The fraction of sp³-hybridized carbons (Fsp3) is 0.500. The molecule has 0 fully saturated rings. The fourth-order valence-corrected chi connectivity index (χ4v) is 1.68. The first-order chi connectivity index (χ1) is 7.58. The van der Waals surface area contributed by atoms with E-state index in [1.54, 1.807) is 0 Å². The van der Waals surface area contributed by atoms with Gasteiger partial charge in [0.25, 0.3) is 0 Å². The molecule has 0 saturated carbocycles. The van der Waals surface area contributed by atoms with Gasteiger partial charge in [0.2, 0.25) is 0 Å². The van der Waals surface area contributed by atoms with Crippen LogP contribution in [0.4, 0.5) is 0 Å². The highest BCUT2D eigenvalue weighted by molar-refractivity contribution is 5.99. The monoisotopic (exact) mass is 220 g/mol. The molecule has 0 radical (unpaired) electrons. The normalized spacial score (nSPS) is 17.4. The van der Waals surface area contributed by atoms with Crippen molar-refractivity contribution in [3.8, 4) is 5.75 Å². The SMILES string of the molecule is CC.CC1(C)COc2ccccc2C(=O)C1. The Kier molecular flexibility index (Phi) is 4.11. The molecule has 0 bridgehead atoms. The molecular weight excluding hydrogens is 200 g/mol. The first kappa shape index (κ1) is 12.8. The van der Waals surface area contributed by atoms with E-state index in [1.165, 1.54) is 0 Å². The zero-order valence-corrected chi connectivity index (χ0v) is 10.5. The quantitative estimate of drug-likeness (QED) is 0.666. The minimum Gasteiger partial charge on any atom is -0.492 e. The predicted molar refractivity (Wildman–Crippen MR) is 66.0 cm³/mol. The third kappa shape index (κ3) is 2.84. The highest BCUT2D eigenvalue weighted by atomic mass is 16.5. The molecule has 0 N–H and O–H groups in total. The van der Waals surface area contributed by atoms with Crippen molar-refractivity contribution in [2.24, 2.45) is 5.41 Å². The van der Waals surface area contributed by atoms with E-state index in [-0.39, 0.29) is 11.2 Å². The van der Waals surface area contributed by atoms with E-state index >= 15 is 0 Å². The molecule has 0 aromatic heterocycles. The molecule has 1 aromatic carbocycles. The van der Waals surface area contributed by atoms with Crippen LogP contribution in [0.2, 0.25) is 0 Å². The molecule has 0 atom stereocenters. The maximum Gasteiger partial charge on any atom is 0.167 e. The molecule has 1 heterocycles. The summed E-state index contributed by atoms with van der Waals surface area (Å²) in [5, 5.41) is 0. The average Bonchev–Trinajstić information content (AvgIpc) is 2.39. The zero-order chi connectivity index (χ0) is 12.2. The van der Waals surface area contributed by atoms with E-state index in [1.807, 2.05) is 38.1 Å². The molecule has 0 unspecified atom stereocenters. The first-order valence-electron chi connectivity index (χ1n) is 5.83. The molecular formula is C14H20O2. The standard InChI is InChI=1S/C12H14O2.C2H6/c1-12(2)7-10(13)9-5-3-4-6-11(9)14-8-12;1-2/h3-6H,7-8H2,1-2H3;1-2H3. The summed E-state index contributed by atoms with van der Waals surface area (Å²) in [6.45, 7) is 8.71. The lowest BCUT2D eigenvalue weighted by Gasteiger charge is -2.19. The number of hydrogen-bond donors (Lipinski definition) is 0. The van der Waals surface area contributed by atoms with Crippen LogP contribution in [0.1, 0.15) is 44.5 Å². The van der Waals surface area contributed by atoms with Crippen molar-refractivity contribution >= 4 is 5.78 Å². The minimum absolute atomic E-state index is 0.0594. The van der Waals surface area contributed by atoms with Crippen LogP contribution in [0.5, 0.6) is 5.75 Å². The Hall–Kier alpha value is -1.31. The lowest BCUT2D eigenvalue weighted by Crippen LogP contribution is -2.21. The molecule has 1 aromatic rings. The van der Waals surface area contributed by atoms with E-state index in [0.29, 0.717) is 13.0 Å². The molecule has 0 amide bonds. The van der Waals surface area contributed by atoms with Crippen LogP contribution in [0, 0.1) is 5.41 Å². The number of ketones is 1. The van der Waals surface area contributed by atoms with Gasteiger partial charge in [-0.05, 0) is 12.1 Å². The molecule has 1 aliphatic heterocycles. The molecule has 0 spiro atoms. The van der Waals surface area contributed by atoms with Gasteiger partial charge in [-0.2, -0.15) is 0 Å². The van der Waals surface area contributed by atoms with Crippen molar-refractivity contribution in [3.63, 3.8) is 0 Å². The summed E-state index contributed by atoms with van der Waals surface area (Å²) < 4.78 is 5.61. The Morgan fingerprint density at radius 1 is 1.19 bits per heavy atom. The van der Waals surface area contributed by atoms with E-state index in [4.69, 9.17) is 4.74 Å². The molecule has 2 heteroatoms. The van der Waals surface area contributed by atoms with Gasteiger partial charge in [-0.3, -0.25) is 4.79 Å². The Morgan fingerprint density at radius 2 is 1.81 bits per heavy atom. The number of carbonyl (C=O) groups excluding carboxylic acids is 1. The van der Waals surface area contributed by atoms with Crippen LogP contribution in [0.3, 0.4) is 0 Å². The van der Waals surface area contributed by atoms with Gasteiger partial charge < -0.3 is 4.74 Å². The zero-order valence-electron chi connectivity index (χ0n) is 10.5. The summed E-state index contributed by atoms with van der Waals surface area (Å²) in [4.78, 5) is 11.8. The Labute approximate surface area is 97.6 Å². The summed E-state index contributed by atoms with van der Waals surface area (Å²) >= 11 is 0. The number of benzene rings is 1. The van der Waals surface area contributed by atoms with Gasteiger partial charge in [0.05, 0.1) is 12.2 Å². The lowest BCUT2D eigenvalue weighted by atomic mass is 9.87. The number of hydrogen-bond acceptors (Lipinski definition) is 2. The Morgan fingerprint density at radius 3 is 2.50 bits per heavy atom. The van der Waals surface area contributed by atoms with Crippen molar-refractivity contribution in [2.75, 3.05) is 6.61 Å². The predicted octanol–water partition coefficient (Wildman–Crippen LogP) is 3.70. The van der Waals surface area contributed by atoms with Gasteiger partial charge in [0.1, 0.15) is 5.75 Å². The summed E-state index contributed by atoms with van der Waals surface area (Å²) in [6, 6.07) is 7.45. The average molecular weight is 220 g/mol. The van der Waals surface area contributed by atoms with Crippen molar-refractivity contribution in [1.82, 2.24) is 0 Å². The van der Waals surface area contributed by atoms with E-state index < -0.39 is 0 Å². The van der Waals surface area contributed by atoms with Crippen molar-refractivity contribution in [1.29, 1.82) is 0 Å². The highest BCUT2D eigenvalue weighted by Crippen LogP contribution is 2.31. The van der Waals surface area contributed by atoms with Gasteiger partial charge in [0.15, 0.2) is 5.78 Å². The molecule has 2 rings (SSSR count). The van der Waals surface area contributed by atoms with Crippen LogP contribution in [0.25, 0.3) is 0 Å². The van der Waals surface area contributed by atoms with Crippen LogP contribution in [-0.2, 0) is 0 Å². The number of fused-ring (bicyclic) bond motifs is 1. The molecule has 0 saturated heterocycles. The van der Waals surface area contributed by atoms with E-state index in [0.717, 1.165) is 11.3 Å². The smallest absolute Gasteiger partial charge is 0.167 e. The molecule has 88 valence electrons. The number of ether oxygens (including phenoxy) is 1. The molecule has 0 aliphatic carbocycles. The number of carbonyl (C=O) groups is 1. The van der Waals surface area contributed by atoms with E-state index in [9.17, 15) is 4.79 Å². The van der Waals surface area contributed by atoms with Crippen molar-refractivity contribution < 1.29 is 9.53 Å². The lowest BCUT2D eigenvalue weighted by molar-refractivity contribution is 0.0918. The van der Waals surface area contributed by atoms with Crippen LogP contribution >= 0.6 is 0 Å². The topological polar surface area (TPSA) is 26.3 Å². The van der Waals surface area contributed by atoms with E-state index in [2.05, 4.69) is 13.8 Å². The Bertz CT molecular complexity index is 367. The van der Waals surface area contributed by atoms with Gasteiger partial charge in [0, 0.05) is 11.8 Å². The maximum absolute atomic E-state index is 11.8. The highest BCUT2D eigenvalue weighted by Gasteiger charge is 2.28. The largest absolute Gasteiger partial charge is 0.492 e. The van der Waals surface area contributed by atoms with Crippen LogP contribution in [0.15, 0.2) is 24.3 Å². The summed E-state index contributed by atoms with van der Waals surface area (Å²) in [5.41, 5.74) is 0.661. The van der Waals surface area contributed by atoms with Gasteiger partial charge in [-0.1, -0.05) is 39.8 Å². The summed E-state index contributed by atoms with van der Waals surface area (Å²) in [7, 11) is 0. The number of Topliss-reactive ketones (excluding diaryl/α,β-unsaturated/α-hetero) is 1. The number of rotatable bonds is 0. The second-order valence-electron chi connectivity index (χ2n) is 4.55. The van der Waals surface area contributed by atoms with Gasteiger partial charge in [-0.15, -0.1) is 0 Å². The number of para-hydroxylation sites is 1. The van der Waals surface area contributed by atoms with Crippen molar-refractivity contribution in [3.05, 3.63) is 29.8 Å². The fourth-order valence-electron chi connectivity index (χ4n) is 1.68. The van der Waals surface area contributed by atoms with Gasteiger partial charge >= 0.3 is 0 Å². The summed E-state index contributed by atoms with van der Waals surface area (Å²) in [6.07, 6.45) is 0.560. The minimum atomic E-state index is -0.0594. The Balaban J connectivity index is 0.000000606. The second-order valence-corrected chi connectivity index (χ2v) is 4.55. The second kappa shape index (κ2) is 5.15. The molecule has 16 heavy (non-hydrogen) atoms. The molecule has 1 aliphatic rings. The molecule has 2 nitrogen and oxygen atoms in total. The van der Waals surface area contributed by atoms with Crippen molar-refractivity contribution in [2.45, 2.75) is 34.1 Å². The first-order valence-corrected chi connectivity index (χ1v) is 5.83. The van der Waals surface area contributed by atoms with Crippen LogP contribution in [-0.4, -0.2) is 12.4 Å². The van der Waals surface area contributed by atoms with Crippen LogP contribution < -0.4 is 4.74 Å².